The highest BCUT2D eigenvalue weighted by molar-refractivity contribution is 5.86. The predicted octanol–water partition coefficient (Wildman–Crippen LogP) is 5.59. The molecule has 1 amide bonds. The molecule has 0 aliphatic heterocycles. The third-order valence-electron chi connectivity index (χ3n) is 5.89. The first kappa shape index (κ1) is 20.7. The average Bonchev–Trinajstić information content (AvgIpc) is 3.14. The lowest BCUT2D eigenvalue weighted by molar-refractivity contribution is -0.121. The molecular formula is C27H28N2O2. The summed E-state index contributed by atoms with van der Waals surface area (Å²) < 4.78 is 7.46. The first-order valence-corrected chi connectivity index (χ1v) is 10.6. The first-order valence-electron chi connectivity index (χ1n) is 10.6. The number of nitrogens with zero attached hydrogens (tertiary/aromatic N) is 1. The van der Waals surface area contributed by atoms with Crippen molar-refractivity contribution in [3.63, 3.8) is 0 Å². The molecule has 4 heteroatoms. The van der Waals surface area contributed by atoms with Gasteiger partial charge >= 0.3 is 0 Å². The van der Waals surface area contributed by atoms with Gasteiger partial charge in [0.25, 0.3) is 0 Å². The van der Waals surface area contributed by atoms with E-state index < -0.39 is 0 Å². The van der Waals surface area contributed by atoms with Crippen molar-refractivity contribution in [2.75, 3.05) is 7.11 Å². The van der Waals surface area contributed by atoms with Gasteiger partial charge in [-0.15, -0.1) is 0 Å². The van der Waals surface area contributed by atoms with Crippen molar-refractivity contribution in [1.82, 2.24) is 9.88 Å². The third kappa shape index (κ3) is 4.48. The zero-order valence-electron chi connectivity index (χ0n) is 18.2. The van der Waals surface area contributed by atoms with Crippen LogP contribution in [0.4, 0.5) is 0 Å². The minimum atomic E-state index is -0.0556. The van der Waals surface area contributed by atoms with Crippen LogP contribution in [0.3, 0.4) is 0 Å². The number of hydrogen-bond donors (Lipinski definition) is 1. The summed E-state index contributed by atoms with van der Waals surface area (Å²) in [6, 6.07) is 26.4. The van der Waals surface area contributed by atoms with Crippen LogP contribution in [0.15, 0.2) is 85.1 Å². The number of para-hydroxylation sites is 1. The predicted molar refractivity (Wildman–Crippen MR) is 125 cm³/mol. The van der Waals surface area contributed by atoms with Crippen molar-refractivity contribution in [2.45, 2.75) is 25.3 Å². The summed E-state index contributed by atoms with van der Waals surface area (Å²) in [6.07, 6.45) is 2.52. The van der Waals surface area contributed by atoms with Crippen LogP contribution in [0.25, 0.3) is 10.9 Å². The maximum Gasteiger partial charge on any atom is 0.221 e. The molecule has 0 saturated carbocycles. The van der Waals surface area contributed by atoms with E-state index in [1.807, 2.05) is 55.5 Å². The zero-order chi connectivity index (χ0) is 21.8. The lowest BCUT2D eigenvalue weighted by atomic mass is 9.87. The summed E-state index contributed by atoms with van der Waals surface area (Å²) in [6.45, 7) is 2.02. The van der Waals surface area contributed by atoms with Crippen molar-refractivity contribution in [2.24, 2.45) is 7.05 Å². The Hall–Kier alpha value is -3.53. The van der Waals surface area contributed by atoms with Gasteiger partial charge in [0.05, 0.1) is 13.2 Å². The van der Waals surface area contributed by atoms with Gasteiger partial charge in [-0.2, -0.15) is 0 Å². The van der Waals surface area contributed by atoms with Gasteiger partial charge in [-0.3, -0.25) is 4.79 Å². The van der Waals surface area contributed by atoms with E-state index in [4.69, 9.17) is 4.74 Å². The first-order chi connectivity index (χ1) is 15.1. The van der Waals surface area contributed by atoms with E-state index in [1.54, 1.807) is 7.11 Å². The third-order valence-corrected chi connectivity index (χ3v) is 5.89. The van der Waals surface area contributed by atoms with Crippen LogP contribution < -0.4 is 10.1 Å². The number of aryl methyl sites for hydroxylation is 1. The molecule has 31 heavy (non-hydrogen) atoms. The molecular weight excluding hydrogens is 384 g/mol. The van der Waals surface area contributed by atoms with Gasteiger partial charge in [0.1, 0.15) is 5.75 Å². The second kappa shape index (κ2) is 9.09. The molecule has 0 spiro atoms. The van der Waals surface area contributed by atoms with Crippen LogP contribution in [0, 0.1) is 0 Å². The molecule has 158 valence electrons. The number of methoxy groups -OCH3 is 1. The number of rotatable bonds is 7. The summed E-state index contributed by atoms with van der Waals surface area (Å²) in [7, 11) is 3.71. The van der Waals surface area contributed by atoms with Crippen molar-refractivity contribution in [3.05, 3.63) is 102 Å². The van der Waals surface area contributed by atoms with E-state index in [0.29, 0.717) is 6.42 Å². The van der Waals surface area contributed by atoms with Gasteiger partial charge in [0, 0.05) is 36.5 Å². The van der Waals surface area contributed by atoms with E-state index in [2.05, 4.69) is 53.5 Å². The van der Waals surface area contributed by atoms with Crippen molar-refractivity contribution in [3.8, 4) is 5.75 Å². The summed E-state index contributed by atoms with van der Waals surface area (Å²) >= 11 is 0. The van der Waals surface area contributed by atoms with Crippen LogP contribution in [0.2, 0.25) is 0 Å². The molecule has 0 bridgehead atoms. The molecule has 0 radical (unpaired) electrons. The maximum absolute atomic E-state index is 13.1. The topological polar surface area (TPSA) is 43.3 Å². The summed E-state index contributed by atoms with van der Waals surface area (Å²) in [4.78, 5) is 13.1. The van der Waals surface area contributed by atoms with Crippen LogP contribution >= 0.6 is 0 Å². The Morgan fingerprint density at radius 3 is 2.32 bits per heavy atom. The maximum atomic E-state index is 13.1. The summed E-state index contributed by atoms with van der Waals surface area (Å²) in [5, 5.41) is 4.35. The van der Waals surface area contributed by atoms with E-state index in [1.165, 1.54) is 5.39 Å². The Kier molecular flexibility index (Phi) is 6.08. The fraction of sp³-hybridized carbons (Fsp3) is 0.222. The number of nitrogens with one attached hydrogen (secondary N) is 1. The molecule has 0 unspecified atom stereocenters. The standard InChI is InChI=1S/C27H28N2O2/c1-19(20-9-5-4-6-10-20)28-27(30)17-24(21-13-15-22(31-3)16-14-21)25-18-29(2)26-12-8-7-11-23(25)26/h4-16,18-19,24H,17H2,1-3H3,(H,28,30)/t19-,24-/m0/s1. The lowest BCUT2D eigenvalue weighted by Crippen LogP contribution is -2.28. The number of amides is 1. The number of ether oxygens (including phenoxy) is 1. The van der Waals surface area contributed by atoms with Gasteiger partial charge in [0.15, 0.2) is 0 Å². The van der Waals surface area contributed by atoms with Crippen LogP contribution in [0.1, 0.15) is 42.0 Å². The molecule has 0 saturated heterocycles. The Balaban J connectivity index is 1.66. The average molecular weight is 413 g/mol. The molecule has 4 aromatic rings. The van der Waals surface area contributed by atoms with E-state index in [-0.39, 0.29) is 17.9 Å². The van der Waals surface area contributed by atoms with E-state index >= 15 is 0 Å². The smallest absolute Gasteiger partial charge is 0.221 e. The van der Waals surface area contributed by atoms with Crippen LogP contribution in [-0.4, -0.2) is 17.6 Å². The largest absolute Gasteiger partial charge is 0.497 e. The minimum Gasteiger partial charge on any atom is -0.497 e. The molecule has 1 N–H and O–H groups in total. The fourth-order valence-corrected chi connectivity index (χ4v) is 4.21. The molecule has 1 aromatic heterocycles. The SMILES string of the molecule is COc1ccc([C@H](CC(=O)N[C@@H](C)c2ccccc2)c2cn(C)c3ccccc23)cc1. The van der Waals surface area contributed by atoms with Crippen molar-refractivity contribution in [1.29, 1.82) is 0 Å². The number of hydrogen-bond acceptors (Lipinski definition) is 2. The molecule has 1 heterocycles. The lowest BCUT2D eigenvalue weighted by Gasteiger charge is -2.20. The summed E-state index contributed by atoms with van der Waals surface area (Å²) in [5.74, 6) is 0.785. The fourth-order valence-electron chi connectivity index (χ4n) is 4.21. The van der Waals surface area contributed by atoms with Crippen molar-refractivity contribution < 1.29 is 9.53 Å². The highest BCUT2D eigenvalue weighted by Gasteiger charge is 2.23. The second-order valence-corrected chi connectivity index (χ2v) is 7.94. The number of carbonyl (C=O) groups excluding carboxylic acids is 1. The van der Waals surface area contributed by atoms with E-state index in [9.17, 15) is 4.79 Å². The van der Waals surface area contributed by atoms with Gasteiger partial charge < -0.3 is 14.6 Å². The second-order valence-electron chi connectivity index (χ2n) is 7.94. The number of carbonyl (C=O) groups is 1. The van der Waals surface area contributed by atoms with E-state index in [0.717, 1.165) is 28.0 Å². The molecule has 4 nitrogen and oxygen atoms in total. The Bertz CT molecular complexity index is 1160. The highest BCUT2D eigenvalue weighted by atomic mass is 16.5. The zero-order valence-corrected chi connectivity index (χ0v) is 18.2. The highest BCUT2D eigenvalue weighted by Crippen LogP contribution is 2.35. The van der Waals surface area contributed by atoms with Crippen LogP contribution in [0.5, 0.6) is 5.75 Å². The number of benzene rings is 3. The van der Waals surface area contributed by atoms with Gasteiger partial charge in [-0.05, 0) is 41.8 Å². The molecule has 2 atom stereocenters. The van der Waals surface area contributed by atoms with Gasteiger partial charge in [-0.1, -0.05) is 60.7 Å². The molecule has 0 aliphatic rings. The normalized spacial score (nSPS) is 13.0. The number of fused-ring (bicyclic) bond motifs is 1. The Morgan fingerprint density at radius 1 is 0.935 bits per heavy atom. The Morgan fingerprint density at radius 2 is 1.61 bits per heavy atom. The van der Waals surface area contributed by atoms with Crippen molar-refractivity contribution >= 4 is 16.8 Å². The van der Waals surface area contributed by atoms with Gasteiger partial charge in [-0.25, -0.2) is 0 Å². The van der Waals surface area contributed by atoms with Crippen LogP contribution in [-0.2, 0) is 11.8 Å². The monoisotopic (exact) mass is 412 g/mol. The number of aromatic nitrogens is 1. The molecule has 0 fully saturated rings. The van der Waals surface area contributed by atoms with Gasteiger partial charge in [0.2, 0.25) is 5.91 Å². The Labute approximate surface area is 183 Å². The molecule has 0 aliphatic carbocycles. The molecule has 4 rings (SSSR count). The molecule has 3 aromatic carbocycles. The minimum absolute atomic E-state index is 0.0325. The quantitative estimate of drug-likeness (QED) is 0.430. The summed E-state index contributed by atoms with van der Waals surface area (Å²) in [5.41, 5.74) is 4.52.